The Morgan fingerprint density at radius 3 is 2.58 bits per heavy atom. The molecule has 0 unspecified atom stereocenters. The van der Waals surface area contributed by atoms with E-state index in [1.165, 1.54) is 6.42 Å². The number of para-hydroxylation sites is 1. The molecule has 1 heterocycles. The summed E-state index contributed by atoms with van der Waals surface area (Å²) >= 11 is 11.6. The largest absolute Gasteiger partial charge is 0.302 e. The van der Waals surface area contributed by atoms with Gasteiger partial charge in [0.2, 0.25) is 0 Å². The zero-order valence-corrected chi connectivity index (χ0v) is 12.1. The number of thiocarbonyl (C=S) groups is 1. The summed E-state index contributed by atoms with van der Waals surface area (Å²) in [6.45, 7) is 0. The molecular formula is C14H15ClN2OS. The van der Waals surface area contributed by atoms with Crippen LogP contribution in [0.2, 0.25) is 5.02 Å². The molecule has 2 aliphatic rings. The van der Waals surface area contributed by atoms with Crippen molar-refractivity contribution in [3.8, 4) is 0 Å². The van der Waals surface area contributed by atoms with Gasteiger partial charge in [-0.25, -0.2) is 0 Å². The smallest absolute Gasteiger partial charge is 0.252 e. The molecule has 1 aromatic rings. The Labute approximate surface area is 122 Å². The molecule has 0 aromatic heterocycles. The number of carbonyl (C=O) groups excluding carboxylic acids is 1. The molecule has 100 valence electrons. The van der Waals surface area contributed by atoms with E-state index in [1.54, 1.807) is 0 Å². The molecule has 1 aliphatic carbocycles. The number of hydrogen-bond acceptors (Lipinski definition) is 2. The summed E-state index contributed by atoms with van der Waals surface area (Å²) in [6, 6.07) is 7.56. The number of rotatable bonds is 1. The van der Waals surface area contributed by atoms with Gasteiger partial charge in [-0.2, -0.15) is 0 Å². The van der Waals surface area contributed by atoms with Gasteiger partial charge in [0.15, 0.2) is 5.11 Å². The van der Waals surface area contributed by atoms with Crippen LogP contribution in [0, 0.1) is 0 Å². The third kappa shape index (κ3) is 1.94. The first-order valence-electron chi connectivity index (χ1n) is 6.55. The lowest BCUT2D eigenvalue weighted by atomic mass is 9.80. The van der Waals surface area contributed by atoms with E-state index in [2.05, 4.69) is 5.32 Å². The average Bonchev–Trinajstić information content (AvgIpc) is 2.63. The minimum Gasteiger partial charge on any atom is -0.302 e. The van der Waals surface area contributed by atoms with Crippen LogP contribution < -0.4 is 10.2 Å². The summed E-state index contributed by atoms with van der Waals surface area (Å²) in [7, 11) is 0. The van der Waals surface area contributed by atoms with E-state index in [4.69, 9.17) is 23.8 Å². The van der Waals surface area contributed by atoms with Crippen LogP contribution in [0.4, 0.5) is 5.69 Å². The van der Waals surface area contributed by atoms with Gasteiger partial charge >= 0.3 is 0 Å². The lowest BCUT2D eigenvalue weighted by Crippen LogP contribution is -2.51. The first-order chi connectivity index (χ1) is 9.15. The Balaban J connectivity index is 2.09. The molecule has 1 spiro atoms. The first-order valence-corrected chi connectivity index (χ1v) is 7.34. The van der Waals surface area contributed by atoms with Crippen molar-refractivity contribution in [1.82, 2.24) is 5.32 Å². The number of nitrogens with one attached hydrogen (secondary N) is 1. The molecule has 1 saturated heterocycles. The van der Waals surface area contributed by atoms with Gasteiger partial charge in [-0.15, -0.1) is 0 Å². The van der Waals surface area contributed by atoms with E-state index in [9.17, 15) is 4.79 Å². The fourth-order valence-corrected chi connectivity index (χ4v) is 3.71. The zero-order valence-electron chi connectivity index (χ0n) is 10.5. The van der Waals surface area contributed by atoms with E-state index < -0.39 is 5.54 Å². The molecule has 3 nitrogen and oxygen atoms in total. The predicted molar refractivity (Wildman–Crippen MR) is 80.5 cm³/mol. The van der Waals surface area contributed by atoms with Crippen molar-refractivity contribution < 1.29 is 4.79 Å². The van der Waals surface area contributed by atoms with Crippen LogP contribution >= 0.6 is 23.8 Å². The highest BCUT2D eigenvalue weighted by molar-refractivity contribution is 7.80. The summed E-state index contributed by atoms with van der Waals surface area (Å²) < 4.78 is 0. The van der Waals surface area contributed by atoms with Crippen molar-refractivity contribution >= 4 is 40.5 Å². The Kier molecular flexibility index (Phi) is 3.23. The molecule has 1 amide bonds. The van der Waals surface area contributed by atoms with Gasteiger partial charge < -0.3 is 10.2 Å². The highest BCUT2D eigenvalue weighted by Crippen LogP contribution is 2.42. The second-order valence-corrected chi connectivity index (χ2v) is 5.93. The zero-order chi connectivity index (χ0) is 13.5. The van der Waals surface area contributed by atoms with Gasteiger partial charge in [0.1, 0.15) is 5.54 Å². The van der Waals surface area contributed by atoms with E-state index in [1.807, 2.05) is 29.2 Å². The van der Waals surface area contributed by atoms with E-state index in [0.29, 0.717) is 10.1 Å². The van der Waals surface area contributed by atoms with Crippen molar-refractivity contribution in [2.75, 3.05) is 4.90 Å². The summed E-state index contributed by atoms with van der Waals surface area (Å²) in [5, 5.41) is 3.92. The third-order valence-corrected chi connectivity index (χ3v) is 4.65. The molecule has 0 radical (unpaired) electrons. The topological polar surface area (TPSA) is 32.3 Å². The summed E-state index contributed by atoms with van der Waals surface area (Å²) in [5.41, 5.74) is 0.301. The van der Waals surface area contributed by atoms with Crippen LogP contribution in [0.3, 0.4) is 0 Å². The highest BCUT2D eigenvalue weighted by Gasteiger charge is 2.52. The van der Waals surface area contributed by atoms with Crippen LogP contribution in [0.1, 0.15) is 32.1 Å². The molecule has 19 heavy (non-hydrogen) atoms. The maximum atomic E-state index is 12.4. The summed E-state index contributed by atoms with van der Waals surface area (Å²) in [4.78, 5) is 14.3. The fraction of sp³-hybridized carbons (Fsp3) is 0.429. The number of benzene rings is 1. The Hall–Kier alpha value is -1.13. The molecule has 3 rings (SSSR count). The lowest BCUT2D eigenvalue weighted by Gasteiger charge is -2.39. The quantitative estimate of drug-likeness (QED) is 0.807. The van der Waals surface area contributed by atoms with Gasteiger partial charge in [0.25, 0.3) is 5.91 Å². The Bertz CT molecular complexity index is 540. The van der Waals surface area contributed by atoms with Gasteiger partial charge in [-0.05, 0) is 37.2 Å². The number of nitrogens with zero attached hydrogens (tertiary/aromatic N) is 1. The van der Waals surface area contributed by atoms with Crippen molar-refractivity contribution in [3.05, 3.63) is 29.3 Å². The molecule has 1 N–H and O–H groups in total. The van der Waals surface area contributed by atoms with Gasteiger partial charge in [0, 0.05) is 0 Å². The maximum Gasteiger partial charge on any atom is 0.252 e. The van der Waals surface area contributed by atoms with Crippen molar-refractivity contribution in [2.24, 2.45) is 0 Å². The Morgan fingerprint density at radius 1 is 1.21 bits per heavy atom. The number of hydrogen-bond donors (Lipinski definition) is 1. The fourth-order valence-electron chi connectivity index (χ4n) is 3.13. The van der Waals surface area contributed by atoms with Crippen LogP contribution in [0.15, 0.2) is 24.3 Å². The van der Waals surface area contributed by atoms with Crippen LogP contribution in [0.25, 0.3) is 0 Å². The number of halogens is 1. The molecular weight excluding hydrogens is 280 g/mol. The van der Waals surface area contributed by atoms with Gasteiger partial charge in [-0.3, -0.25) is 4.79 Å². The van der Waals surface area contributed by atoms with Crippen LogP contribution in [0.5, 0.6) is 0 Å². The maximum absolute atomic E-state index is 12.4. The molecule has 2 fully saturated rings. The van der Waals surface area contributed by atoms with Crippen molar-refractivity contribution in [3.63, 3.8) is 0 Å². The second kappa shape index (κ2) is 4.76. The minimum atomic E-state index is -0.527. The third-order valence-electron chi connectivity index (χ3n) is 4.05. The molecule has 1 aromatic carbocycles. The molecule has 1 saturated carbocycles. The van der Waals surface area contributed by atoms with Crippen LogP contribution in [-0.4, -0.2) is 16.6 Å². The monoisotopic (exact) mass is 294 g/mol. The van der Waals surface area contributed by atoms with E-state index in [-0.39, 0.29) is 5.91 Å². The predicted octanol–water partition coefficient (Wildman–Crippen LogP) is 3.26. The van der Waals surface area contributed by atoms with Crippen LogP contribution in [-0.2, 0) is 4.79 Å². The minimum absolute atomic E-state index is 0.0251. The molecule has 5 heteroatoms. The lowest BCUT2D eigenvalue weighted by molar-refractivity contribution is -0.124. The number of anilines is 1. The first kappa shape index (κ1) is 12.9. The molecule has 1 aliphatic heterocycles. The van der Waals surface area contributed by atoms with E-state index in [0.717, 1.165) is 31.4 Å². The molecule has 0 atom stereocenters. The summed E-state index contributed by atoms with van der Waals surface area (Å²) in [5.74, 6) is 0.0251. The Morgan fingerprint density at radius 2 is 1.89 bits per heavy atom. The van der Waals surface area contributed by atoms with Gasteiger partial charge in [0.05, 0.1) is 10.7 Å². The number of carbonyl (C=O) groups is 1. The summed E-state index contributed by atoms with van der Waals surface area (Å²) in [6.07, 6.45) is 4.96. The van der Waals surface area contributed by atoms with Crippen molar-refractivity contribution in [1.29, 1.82) is 0 Å². The standard InChI is InChI=1S/C14H15ClN2OS/c15-10-6-2-3-7-11(10)17-13(19)16-12(18)14(17)8-4-1-5-9-14/h2-3,6-7H,1,4-5,8-9H2,(H,16,18,19). The highest BCUT2D eigenvalue weighted by atomic mass is 35.5. The second-order valence-electron chi connectivity index (χ2n) is 5.14. The molecule has 0 bridgehead atoms. The van der Waals surface area contributed by atoms with Crippen molar-refractivity contribution in [2.45, 2.75) is 37.6 Å². The normalized spacial score (nSPS) is 21.8. The van der Waals surface area contributed by atoms with E-state index >= 15 is 0 Å². The SMILES string of the molecule is O=C1NC(=S)N(c2ccccc2Cl)C12CCCCC2. The van der Waals surface area contributed by atoms with Gasteiger partial charge in [-0.1, -0.05) is 43.0 Å². The number of amides is 1. The average molecular weight is 295 g/mol.